The minimum atomic E-state index is 0.0316. The Hall–Kier alpha value is -2.08. The van der Waals surface area contributed by atoms with Crippen LogP contribution in [-0.4, -0.2) is 25.4 Å². The zero-order valence-corrected chi connectivity index (χ0v) is 18.1. The van der Waals surface area contributed by atoms with Crippen LogP contribution in [0.15, 0.2) is 40.3 Å². The number of fused-ring (bicyclic) bond motifs is 2. The highest BCUT2D eigenvalue weighted by Crippen LogP contribution is 2.20. The number of aryl methyl sites for hydroxylation is 1. The molecule has 0 saturated heterocycles. The standard InChI is InChI=1S/C23H30N4OS/c1-29-23-25-27-21(28)19-15-11-6-4-2-3-5-7-12-16-20(19)24-22(27)26(23)17-18-13-9-8-10-14-18/h8-10,13-14H,2-7,11-12,15-17H2,1H3. The lowest BCUT2D eigenvalue weighted by Gasteiger charge is -2.12. The summed E-state index contributed by atoms with van der Waals surface area (Å²) in [4.78, 5) is 18.4. The second-order valence-electron chi connectivity index (χ2n) is 7.94. The van der Waals surface area contributed by atoms with Crippen LogP contribution >= 0.6 is 11.8 Å². The lowest BCUT2D eigenvalue weighted by atomic mass is 9.99. The van der Waals surface area contributed by atoms with Gasteiger partial charge in [-0.2, -0.15) is 4.52 Å². The molecule has 0 N–H and O–H groups in total. The first kappa shape index (κ1) is 20.2. The van der Waals surface area contributed by atoms with Crippen LogP contribution in [0.3, 0.4) is 0 Å². The van der Waals surface area contributed by atoms with Gasteiger partial charge in [-0.05, 0) is 37.5 Å². The van der Waals surface area contributed by atoms with E-state index in [2.05, 4.69) is 21.8 Å². The molecule has 0 atom stereocenters. The van der Waals surface area contributed by atoms with Gasteiger partial charge in [0.15, 0.2) is 5.16 Å². The summed E-state index contributed by atoms with van der Waals surface area (Å²) >= 11 is 1.56. The first-order valence-corrected chi connectivity index (χ1v) is 12.1. The van der Waals surface area contributed by atoms with E-state index in [1.54, 1.807) is 16.3 Å². The van der Waals surface area contributed by atoms with Gasteiger partial charge in [0.1, 0.15) is 0 Å². The SMILES string of the molecule is CSc1nn2c(=O)c3c(nc2n1Cc1ccccc1)CCCCCCCCCC3. The first-order chi connectivity index (χ1) is 14.3. The number of aromatic nitrogens is 4. The Morgan fingerprint density at radius 1 is 0.931 bits per heavy atom. The predicted molar refractivity (Wildman–Crippen MR) is 119 cm³/mol. The van der Waals surface area contributed by atoms with Gasteiger partial charge in [-0.15, -0.1) is 5.10 Å². The van der Waals surface area contributed by atoms with Crippen molar-refractivity contribution in [2.24, 2.45) is 0 Å². The van der Waals surface area contributed by atoms with Crippen LogP contribution in [0, 0.1) is 0 Å². The largest absolute Gasteiger partial charge is 0.283 e. The number of thioether (sulfide) groups is 1. The van der Waals surface area contributed by atoms with Crippen molar-refractivity contribution in [3.05, 3.63) is 57.5 Å². The Morgan fingerprint density at radius 2 is 1.59 bits per heavy atom. The highest BCUT2D eigenvalue weighted by Gasteiger charge is 2.19. The molecule has 2 heterocycles. The van der Waals surface area contributed by atoms with Gasteiger partial charge in [-0.1, -0.05) is 80.6 Å². The fourth-order valence-corrected chi connectivity index (χ4v) is 4.77. The maximum Gasteiger partial charge on any atom is 0.279 e. The highest BCUT2D eigenvalue weighted by atomic mass is 32.2. The number of benzene rings is 1. The number of hydrogen-bond donors (Lipinski definition) is 0. The average molecular weight is 411 g/mol. The van der Waals surface area contributed by atoms with Gasteiger partial charge in [0, 0.05) is 5.56 Å². The van der Waals surface area contributed by atoms with E-state index in [9.17, 15) is 4.79 Å². The van der Waals surface area contributed by atoms with Crippen molar-refractivity contribution < 1.29 is 0 Å². The Bertz CT molecular complexity index is 1010. The van der Waals surface area contributed by atoms with Crippen LogP contribution < -0.4 is 5.56 Å². The van der Waals surface area contributed by atoms with Crippen LogP contribution in [0.1, 0.15) is 68.2 Å². The molecule has 154 valence electrons. The van der Waals surface area contributed by atoms with Crippen LogP contribution in [-0.2, 0) is 19.4 Å². The van der Waals surface area contributed by atoms with Gasteiger partial charge in [0.25, 0.3) is 5.56 Å². The Kier molecular flexibility index (Phi) is 6.70. The highest BCUT2D eigenvalue weighted by molar-refractivity contribution is 7.98. The topological polar surface area (TPSA) is 52.2 Å². The molecule has 29 heavy (non-hydrogen) atoms. The summed E-state index contributed by atoms with van der Waals surface area (Å²) in [5.74, 6) is 0.675. The maximum absolute atomic E-state index is 13.4. The minimum Gasteiger partial charge on any atom is -0.283 e. The summed E-state index contributed by atoms with van der Waals surface area (Å²) in [6.07, 6.45) is 13.5. The Balaban J connectivity index is 1.78. The predicted octanol–water partition coefficient (Wildman–Crippen LogP) is 4.88. The molecule has 0 spiro atoms. The van der Waals surface area contributed by atoms with E-state index in [0.29, 0.717) is 12.3 Å². The molecule has 0 amide bonds. The van der Waals surface area contributed by atoms with Crippen molar-refractivity contribution in [1.82, 2.24) is 19.2 Å². The van der Waals surface area contributed by atoms with Crippen LogP contribution in [0.25, 0.3) is 5.78 Å². The van der Waals surface area contributed by atoms with E-state index in [0.717, 1.165) is 42.1 Å². The van der Waals surface area contributed by atoms with Crippen molar-refractivity contribution >= 4 is 17.5 Å². The summed E-state index contributed by atoms with van der Waals surface area (Å²) in [6, 6.07) is 10.3. The van der Waals surface area contributed by atoms with E-state index in [4.69, 9.17) is 4.98 Å². The minimum absolute atomic E-state index is 0.0316. The van der Waals surface area contributed by atoms with Crippen LogP contribution in [0.2, 0.25) is 0 Å². The molecule has 5 nitrogen and oxygen atoms in total. The monoisotopic (exact) mass is 410 g/mol. The summed E-state index contributed by atoms with van der Waals surface area (Å²) in [5.41, 5.74) is 3.10. The molecule has 4 rings (SSSR count). The quantitative estimate of drug-likeness (QED) is 0.578. The number of hydrogen-bond acceptors (Lipinski definition) is 4. The zero-order valence-electron chi connectivity index (χ0n) is 17.3. The molecular formula is C23H30N4OS. The molecule has 0 unspecified atom stereocenters. The summed E-state index contributed by atoms with van der Waals surface area (Å²) in [5, 5.41) is 5.46. The third-order valence-electron chi connectivity index (χ3n) is 5.84. The Morgan fingerprint density at radius 3 is 2.28 bits per heavy atom. The third-order valence-corrected chi connectivity index (χ3v) is 6.50. The average Bonchev–Trinajstić information content (AvgIpc) is 3.08. The smallest absolute Gasteiger partial charge is 0.279 e. The van der Waals surface area contributed by atoms with Crippen molar-refractivity contribution in [2.75, 3.05) is 6.26 Å². The maximum atomic E-state index is 13.4. The lowest BCUT2D eigenvalue weighted by molar-refractivity contribution is 0.554. The zero-order chi connectivity index (χ0) is 20.1. The van der Waals surface area contributed by atoms with Gasteiger partial charge in [-0.3, -0.25) is 9.36 Å². The molecule has 0 saturated carbocycles. The van der Waals surface area contributed by atoms with Gasteiger partial charge >= 0.3 is 0 Å². The molecule has 1 aliphatic rings. The van der Waals surface area contributed by atoms with E-state index in [1.807, 2.05) is 24.5 Å². The normalized spacial score (nSPS) is 16.2. The van der Waals surface area contributed by atoms with E-state index in [1.165, 1.54) is 44.1 Å². The fourth-order valence-electron chi connectivity index (χ4n) is 4.24. The van der Waals surface area contributed by atoms with Gasteiger partial charge < -0.3 is 0 Å². The Labute approximate surface area is 176 Å². The molecule has 1 aliphatic carbocycles. The molecule has 0 fully saturated rings. The fraction of sp³-hybridized carbons (Fsp3) is 0.522. The lowest BCUT2D eigenvalue weighted by Crippen LogP contribution is -2.24. The van der Waals surface area contributed by atoms with Crippen LogP contribution in [0.5, 0.6) is 0 Å². The van der Waals surface area contributed by atoms with Crippen LogP contribution in [0.4, 0.5) is 0 Å². The van der Waals surface area contributed by atoms with Gasteiger partial charge in [-0.25, -0.2) is 4.98 Å². The first-order valence-electron chi connectivity index (χ1n) is 10.9. The van der Waals surface area contributed by atoms with Crippen molar-refractivity contribution in [2.45, 2.75) is 75.9 Å². The van der Waals surface area contributed by atoms with Gasteiger partial charge in [0.05, 0.1) is 12.2 Å². The van der Waals surface area contributed by atoms with Gasteiger partial charge in [0.2, 0.25) is 5.78 Å². The van der Waals surface area contributed by atoms with E-state index in [-0.39, 0.29) is 5.56 Å². The second-order valence-corrected chi connectivity index (χ2v) is 8.71. The molecule has 6 heteroatoms. The van der Waals surface area contributed by atoms with Crippen molar-refractivity contribution in [3.63, 3.8) is 0 Å². The third kappa shape index (κ3) is 4.58. The van der Waals surface area contributed by atoms with E-state index >= 15 is 0 Å². The molecule has 0 radical (unpaired) electrons. The van der Waals surface area contributed by atoms with Crippen molar-refractivity contribution in [3.8, 4) is 0 Å². The number of rotatable bonds is 3. The molecule has 1 aromatic carbocycles. The van der Waals surface area contributed by atoms with E-state index < -0.39 is 0 Å². The summed E-state index contributed by atoms with van der Waals surface area (Å²) in [7, 11) is 0. The van der Waals surface area contributed by atoms with Crippen molar-refractivity contribution in [1.29, 1.82) is 0 Å². The molecule has 0 aliphatic heterocycles. The summed E-state index contributed by atoms with van der Waals surface area (Å²) in [6.45, 7) is 0.672. The summed E-state index contributed by atoms with van der Waals surface area (Å²) < 4.78 is 3.62. The molecule has 0 bridgehead atoms. The molecule has 3 aromatic rings. The molecular weight excluding hydrogens is 380 g/mol. The molecule has 2 aromatic heterocycles. The second kappa shape index (κ2) is 9.61. The number of nitrogens with zero attached hydrogens (tertiary/aromatic N) is 4.